The van der Waals surface area contributed by atoms with Crippen LogP contribution in [0.4, 0.5) is 0 Å². The van der Waals surface area contributed by atoms with E-state index in [1.54, 1.807) is 0 Å². The fourth-order valence-corrected chi connectivity index (χ4v) is 2.83. The van der Waals surface area contributed by atoms with Crippen molar-refractivity contribution in [2.45, 2.75) is 17.2 Å². The van der Waals surface area contributed by atoms with Gasteiger partial charge >= 0.3 is 0 Å². The Bertz CT molecular complexity index is 419. The van der Waals surface area contributed by atoms with Gasteiger partial charge in [0.05, 0.1) is 24.7 Å². The van der Waals surface area contributed by atoms with Crippen LogP contribution in [0.25, 0.3) is 0 Å². The maximum atomic E-state index is 11.8. The minimum absolute atomic E-state index is 0.0381. The van der Waals surface area contributed by atoms with Gasteiger partial charge in [-0.3, -0.25) is 0 Å². The Morgan fingerprint density at radius 1 is 1.40 bits per heavy atom. The molecule has 1 aliphatic heterocycles. The van der Waals surface area contributed by atoms with Gasteiger partial charge in [0.1, 0.15) is 0 Å². The highest BCUT2D eigenvalue weighted by molar-refractivity contribution is 7.89. The van der Waals surface area contributed by atoms with Gasteiger partial charge in [0.25, 0.3) is 10.0 Å². The molecule has 1 aliphatic rings. The number of hydrogen-bond acceptors (Lipinski definition) is 5. The summed E-state index contributed by atoms with van der Waals surface area (Å²) in [7, 11) is -3.67. The first-order valence-electron chi connectivity index (χ1n) is 4.36. The lowest BCUT2D eigenvalue weighted by atomic mass is 10.3. The van der Waals surface area contributed by atoms with Crippen molar-refractivity contribution in [2.24, 2.45) is 0 Å². The summed E-state index contributed by atoms with van der Waals surface area (Å²) in [5, 5.41) is 18.5. The molecule has 0 aromatic carbocycles. The molecule has 1 aromatic heterocycles. The molecule has 0 amide bonds. The fourth-order valence-electron chi connectivity index (χ4n) is 1.45. The van der Waals surface area contributed by atoms with Crippen LogP contribution in [0.15, 0.2) is 17.6 Å². The highest BCUT2D eigenvalue weighted by Gasteiger charge is 2.38. The Hall–Kier alpha value is -0.960. The zero-order chi connectivity index (χ0) is 11.1. The summed E-state index contributed by atoms with van der Waals surface area (Å²) in [6, 6.07) is 0. The van der Waals surface area contributed by atoms with Crippen LogP contribution in [-0.4, -0.2) is 58.2 Å². The predicted octanol–water partition coefficient (Wildman–Crippen LogP) is -1.86. The third-order valence-electron chi connectivity index (χ3n) is 2.32. The van der Waals surface area contributed by atoms with Crippen molar-refractivity contribution in [3.63, 3.8) is 0 Å². The number of β-amino-alcohol motifs (C(OH)–C–C–N with tert-alkyl or cyclic N) is 2. The molecule has 0 bridgehead atoms. The minimum Gasteiger partial charge on any atom is -0.389 e. The molecule has 7 nitrogen and oxygen atoms in total. The number of aliphatic hydroxyl groups excluding tert-OH is 2. The van der Waals surface area contributed by atoms with Crippen molar-refractivity contribution in [3.8, 4) is 0 Å². The quantitative estimate of drug-likeness (QED) is 0.555. The maximum absolute atomic E-state index is 11.8. The summed E-state index contributed by atoms with van der Waals surface area (Å²) in [6.45, 7) is -0.189. The molecule has 1 aromatic rings. The molecule has 1 saturated heterocycles. The molecule has 2 atom stereocenters. The van der Waals surface area contributed by atoms with Crippen molar-refractivity contribution >= 4 is 10.0 Å². The monoisotopic (exact) mass is 233 g/mol. The van der Waals surface area contributed by atoms with Crippen LogP contribution in [0, 0.1) is 0 Å². The number of imidazole rings is 1. The minimum atomic E-state index is -3.67. The highest BCUT2D eigenvalue weighted by atomic mass is 32.2. The molecule has 0 saturated carbocycles. The van der Waals surface area contributed by atoms with E-state index in [9.17, 15) is 18.6 Å². The molecule has 15 heavy (non-hydrogen) atoms. The Kier molecular flexibility index (Phi) is 2.51. The largest absolute Gasteiger partial charge is 0.389 e. The van der Waals surface area contributed by atoms with Crippen molar-refractivity contribution < 1.29 is 18.6 Å². The zero-order valence-electron chi connectivity index (χ0n) is 7.74. The lowest BCUT2D eigenvalue weighted by Gasteiger charge is -2.13. The van der Waals surface area contributed by atoms with Gasteiger partial charge in [-0.05, 0) is 0 Å². The van der Waals surface area contributed by atoms with Gasteiger partial charge < -0.3 is 15.2 Å². The zero-order valence-corrected chi connectivity index (χ0v) is 8.55. The van der Waals surface area contributed by atoms with Crippen LogP contribution in [0.3, 0.4) is 0 Å². The van der Waals surface area contributed by atoms with E-state index < -0.39 is 22.2 Å². The second kappa shape index (κ2) is 3.56. The number of nitrogens with one attached hydrogen (secondary N) is 1. The molecule has 0 unspecified atom stereocenters. The third kappa shape index (κ3) is 1.76. The summed E-state index contributed by atoms with van der Waals surface area (Å²) in [6.07, 6.45) is 0.396. The number of nitrogens with zero attached hydrogens (tertiary/aromatic N) is 2. The Balaban J connectivity index is 2.25. The van der Waals surface area contributed by atoms with Crippen molar-refractivity contribution in [1.82, 2.24) is 14.3 Å². The summed E-state index contributed by atoms with van der Waals surface area (Å²) in [4.78, 5) is 6.09. The molecule has 1 fully saturated rings. The van der Waals surface area contributed by atoms with Crippen LogP contribution < -0.4 is 0 Å². The van der Waals surface area contributed by atoms with E-state index in [4.69, 9.17) is 0 Å². The number of H-pyrrole nitrogens is 1. The van der Waals surface area contributed by atoms with Crippen molar-refractivity contribution in [3.05, 3.63) is 12.5 Å². The second-order valence-corrected chi connectivity index (χ2v) is 5.28. The maximum Gasteiger partial charge on any atom is 0.260 e. The topological polar surface area (TPSA) is 107 Å². The summed E-state index contributed by atoms with van der Waals surface area (Å²) < 4.78 is 24.7. The molecule has 84 valence electrons. The SMILES string of the molecule is O=S(=O)(c1cnc[nH]1)N1C[C@@H](O)[C@@H](O)C1. The van der Waals surface area contributed by atoms with Gasteiger partial charge in [-0.2, -0.15) is 4.31 Å². The van der Waals surface area contributed by atoms with Gasteiger partial charge in [0.15, 0.2) is 5.03 Å². The molecule has 2 heterocycles. The highest BCUT2D eigenvalue weighted by Crippen LogP contribution is 2.19. The van der Waals surface area contributed by atoms with E-state index in [-0.39, 0.29) is 18.1 Å². The molecule has 0 radical (unpaired) electrons. The van der Waals surface area contributed by atoms with Crippen LogP contribution in [0.5, 0.6) is 0 Å². The molecule has 0 aliphatic carbocycles. The fraction of sp³-hybridized carbons (Fsp3) is 0.571. The van der Waals surface area contributed by atoms with Crippen LogP contribution in [0.2, 0.25) is 0 Å². The van der Waals surface area contributed by atoms with E-state index in [0.29, 0.717) is 0 Å². The van der Waals surface area contributed by atoms with E-state index in [0.717, 1.165) is 4.31 Å². The van der Waals surface area contributed by atoms with E-state index in [2.05, 4.69) is 9.97 Å². The normalized spacial score (nSPS) is 28.4. The van der Waals surface area contributed by atoms with E-state index >= 15 is 0 Å². The first-order valence-corrected chi connectivity index (χ1v) is 5.80. The van der Waals surface area contributed by atoms with Gasteiger partial charge in [-0.1, -0.05) is 0 Å². The number of aromatic amines is 1. The van der Waals surface area contributed by atoms with E-state index in [1.165, 1.54) is 12.5 Å². The van der Waals surface area contributed by atoms with Crippen LogP contribution in [-0.2, 0) is 10.0 Å². The first kappa shape index (κ1) is 10.6. The van der Waals surface area contributed by atoms with Crippen molar-refractivity contribution in [2.75, 3.05) is 13.1 Å². The number of sulfonamides is 1. The molecule has 0 spiro atoms. The Morgan fingerprint density at radius 3 is 2.47 bits per heavy atom. The smallest absolute Gasteiger partial charge is 0.260 e. The van der Waals surface area contributed by atoms with Gasteiger partial charge in [0, 0.05) is 13.1 Å². The lowest BCUT2D eigenvalue weighted by molar-refractivity contribution is 0.0572. The second-order valence-electron chi connectivity index (χ2n) is 3.37. The number of aliphatic hydroxyl groups is 2. The Labute approximate surface area is 86.4 Å². The number of hydrogen-bond donors (Lipinski definition) is 3. The molecule has 3 N–H and O–H groups in total. The predicted molar refractivity (Wildman–Crippen MR) is 49.4 cm³/mol. The van der Waals surface area contributed by atoms with Crippen LogP contribution in [0.1, 0.15) is 0 Å². The van der Waals surface area contributed by atoms with E-state index in [1.807, 2.05) is 0 Å². The summed E-state index contributed by atoms with van der Waals surface area (Å²) in [5.74, 6) is 0. The van der Waals surface area contributed by atoms with Crippen LogP contribution >= 0.6 is 0 Å². The first-order chi connectivity index (χ1) is 7.01. The number of aromatic nitrogens is 2. The molecule has 8 heteroatoms. The third-order valence-corrected chi connectivity index (χ3v) is 4.07. The van der Waals surface area contributed by atoms with Crippen molar-refractivity contribution in [1.29, 1.82) is 0 Å². The van der Waals surface area contributed by atoms with Gasteiger partial charge in [-0.25, -0.2) is 13.4 Å². The Morgan fingerprint density at radius 2 is 2.00 bits per heavy atom. The molecule has 2 rings (SSSR count). The average molecular weight is 233 g/mol. The average Bonchev–Trinajstić information content (AvgIpc) is 2.77. The molecular weight excluding hydrogens is 222 g/mol. The van der Waals surface area contributed by atoms with Gasteiger partial charge in [0.2, 0.25) is 0 Å². The number of rotatable bonds is 2. The summed E-state index contributed by atoms with van der Waals surface area (Å²) >= 11 is 0. The summed E-state index contributed by atoms with van der Waals surface area (Å²) in [5.41, 5.74) is 0. The standard InChI is InChI=1S/C7H11N3O4S/c11-5-2-10(3-6(5)12)15(13,14)7-1-8-4-9-7/h1,4-6,11-12H,2-3H2,(H,8,9)/t5-,6+. The molecular formula is C7H11N3O4S. The van der Waals surface area contributed by atoms with Gasteiger partial charge in [-0.15, -0.1) is 0 Å². The lowest BCUT2D eigenvalue weighted by Crippen LogP contribution is -2.30.